The number of amides is 3. The summed E-state index contributed by atoms with van der Waals surface area (Å²) >= 11 is 1.46. The Bertz CT molecular complexity index is 1040. The van der Waals surface area contributed by atoms with E-state index in [0.717, 1.165) is 47.2 Å². The molecule has 2 aromatic carbocycles. The number of hydrogen-bond acceptors (Lipinski definition) is 6. The van der Waals surface area contributed by atoms with Crippen LogP contribution in [0.4, 0.5) is 4.79 Å². The molecule has 0 spiro atoms. The third-order valence-corrected chi connectivity index (χ3v) is 5.88. The molecule has 3 amide bonds. The normalized spacial score (nSPS) is 10.6. The van der Waals surface area contributed by atoms with Gasteiger partial charge < -0.3 is 14.6 Å². The number of urea groups is 1. The fourth-order valence-electron chi connectivity index (χ4n) is 3.11. The van der Waals surface area contributed by atoms with Crippen LogP contribution in [0.3, 0.4) is 0 Å². The maximum absolute atomic E-state index is 12.2. The summed E-state index contributed by atoms with van der Waals surface area (Å²) in [6.45, 7) is 3.29. The van der Waals surface area contributed by atoms with Crippen LogP contribution in [-0.4, -0.2) is 39.6 Å². The zero-order chi connectivity index (χ0) is 23.5. The number of unbranched alkanes of at least 4 members (excludes halogenated alkanes) is 1. The lowest BCUT2D eigenvalue weighted by atomic mass is 10.2. The lowest BCUT2D eigenvalue weighted by Crippen LogP contribution is -2.39. The fraction of sp³-hybridized carbons (Fsp3) is 0.333. The molecule has 9 heteroatoms. The predicted octanol–water partition coefficient (Wildman–Crippen LogP) is 4.26. The van der Waals surface area contributed by atoms with Crippen LogP contribution < -0.4 is 15.4 Å². The van der Waals surface area contributed by atoms with Crippen LogP contribution >= 0.6 is 11.8 Å². The van der Waals surface area contributed by atoms with E-state index in [-0.39, 0.29) is 12.3 Å². The van der Waals surface area contributed by atoms with Crippen LogP contribution in [0.5, 0.6) is 5.75 Å². The van der Waals surface area contributed by atoms with Gasteiger partial charge in [0.25, 0.3) is 0 Å². The van der Waals surface area contributed by atoms with E-state index in [1.165, 1.54) is 11.8 Å². The molecule has 2 N–H and O–H groups in total. The monoisotopic (exact) mass is 467 g/mol. The molecular weight excluding hydrogens is 438 g/mol. The van der Waals surface area contributed by atoms with E-state index in [1.54, 1.807) is 7.11 Å². The number of nitrogens with one attached hydrogen (secondary N) is 2. The van der Waals surface area contributed by atoms with Crippen molar-refractivity contribution in [2.24, 2.45) is 0 Å². The Morgan fingerprint density at radius 3 is 2.52 bits per heavy atom. The number of carbonyl (C=O) groups excluding carboxylic acids is 2. The zero-order valence-corrected chi connectivity index (χ0v) is 19.7. The Kier molecular flexibility index (Phi) is 9.31. The van der Waals surface area contributed by atoms with E-state index < -0.39 is 6.03 Å². The molecule has 1 heterocycles. The minimum Gasteiger partial charge on any atom is -0.497 e. The van der Waals surface area contributed by atoms with E-state index in [1.807, 2.05) is 54.6 Å². The summed E-state index contributed by atoms with van der Waals surface area (Å²) in [6.07, 6.45) is 2.24. The summed E-state index contributed by atoms with van der Waals surface area (Å²) in [4.78, 5) is 24.1. The van der Waals surface area contributed by atoms with Crippen molar-refractivity contribution in [2.45, 2.75) is 44.4 Å². The summed E-state index contributed by atoms with van der Waals surface area (Å²) in [6, 6.07) is 16.7. The molecule has 0 saturated carbocycles. The highest BCUT2D eigenvalue weighted by Gasteiger charge is 2.15. The molecule has 0 saturated heterocycles. The third-order valence-electron chi connectivity index (χ3n) is 4.91. The number of carbonyl (C=O) groups is 2. The van der Waals surface area contributed by atoms with Crippen molar-refractivity contribution in [1.29, 1.82) is 0 Å². The number of hydrogen-bond donors (Lipinski definition) is 2. The van der Waals surface area contributed by atoms with Gasteiger partial charge in [-0.15, -0.1) is 10.2 Å². The van der Waals surface area contributed by atoms with Gasteiger partial charge in [-0.3, -0.25) is 10.1 Å². The highest BCUT2D eigenvalue weighted by molar-refractivity contribution is 7.99. The van der Waals surface area contributed by atoms with E-state index in [2.05, 4.69) is 32.3 Å². The summed E-state index contributed by atoms with van der Waals surface area (Å²) < 4.78 is 7.32. The van der Waals surface area contributed by atoms with Crippen molar-refractivity contribution in [3.63, 3.8) is 0 Å². The van der Waals surface area contributed by atoms with Gasteiger partial charge in [0.1, 0.15) is 5.75 Å². The number of nitrogens with zero attached hydrogens (tertiary/aromatic N) is 3. The van der Waals surface area contributed by atoms with Crippen LogP contribution in [0.25, 0.3) is 11.4 Å². The first-order valence-corrected chi connectivity index (χ1v) is 11.9. The van der Waals surface area contributed by atoms with E-state index >= 15 is 0 Å². The van der Waals surface area contributed by atoms with Gasteiger partial charge in [0, 0.05) is 30.8 Å². The molecule has 0 atom stereocenters. The Hall–Kier alpha value is -3.33. The number of methoxy groups -OCH3 is 1. The molecule has 1 aromatic heterocycles. The Morgan fingerprint density at radius 1 is 1.06 bits per heavy atom. The summed E-state index contributed by atoms with van der Waals surface area (Å²) in [7, 11) is 1.64. The van der Waals surface area contributed by atoms with Gasteiger partial charge in [0.05, 0.1) is 7.11 Å². The second kappa shape index (κ2) is 12.6. The van der Waals surface area contributed by atoms with Gasteiger partial charge in [-0.05, 0) is 36.2 Å². The largest absolute Gasteiger partial charge is 0.497 e. The van der Waals surface area contributed by atoms with Crippen molar-refractivity contribution >= 4 is 23.7 Å². The first-order valence-electron chi connectivity index (χ1n) is 10.9. The first-order chi connectivity index (χ1) is 16.1. The SMILES string of the molecule is CCCCn1c(SCCC(=O)NC(=O)NCc2ccccc2)nnc1-c1ccc(OC)cc1. The number of thioether (sulfide) groups is 1. The second-order valence-corrected chi connectivity index (χ2v) is 8.42. The van der Waals surface area contributed by atoms with Gasteiger partial charge >= 0.3 is 6.03 Å². The highest BCUT2D eigenvalue weighted by atomic mass is 32.2. The number of ether oxygens (including phenoxy) is 1. The van der Waals surface area contributed by atoms with Crippen molar-refractivity contribution in [1.82, 2.24) is 25.4 Å². The average Bonchev–Trinajstić information content (AvgIpc) is 3.24. The predicted molar refractivity (Wildman–Crippen MR) is 129 cm³/mol. The Labute approximate surface area is 198 Å². The second-order valence-electron chi connectivity index (χ2n) is 7.35. The van der Waals surface area contributed by atoms with Gasteiger partial charge in [0.2, 0.25) is 5.91 Å². The molecule has 3 aromatic rings. The Morgan fingerprint density at radius 2 is 1.82 bits per heavy atom. The number of benzene rings is 2. The number of imide groups is 1. The lowest BCUT2D eigenvalue weighted by molar-refractivity contribution is -0.119. The Balaban J connectivity index is 1.52. The molecule has 3 rings (SSSR count). The maximum Gasteiger partial charge on any atom is 0.321 e. The molecular formula is C24H29N5O3S. The van der Waals surface area contributed by atoms with E-state index in [0.29, 0.717) is 12.3 Å². The van der Waals surface area contributed by atoms with Gasteiger partial charge in [-0.2, -0.15) is 0 Å². The third kappa shape index (κ3) is 7.35. The molecule has 0 bridgehead atoms. The molecule has 0 aliphatic heterocycles. The highest BCUT2D eigenvalue weighted by Crippen LogP contribution is 2.26. The lowest BCUT2D eigenvalue weighted by Gasteiger charge is -2.10. The standard InChI is InChI=1S/C24H29N5O3S/c1-3-4-15-29-22(19-10-12-20(32-2)13-11-19)27-28-24(29)33-16-14-21(30)26-23(31)25-17-18-8-6-5-7-9-18/h5-13H,3-4,14-17H2,1-2H3,(H2,25,26,30,31). The van der Waals surface area contributed by atoms with Crippen molar-refractivity contribution in [3.8, 4) is 17.1 Å². The summed E-state index contributed by atoms with van der Waals surface area (Å²) in [5.41, 5.74) is 1.92. The van der Waals surface area contributed by atoms with Crippen LogP contribution in [0.1, 0.15) is 31.7 Å². The first kappa shape index (κ1) is 24.3. The van der Waals surface area contributed by atoms with Gasteiger partial charge in [0.15, 0.2) is 11.0 Å². The van der Waals surface area contributed by atoms with E-state index in [4.69, 9.17) is 4.74 Å². The zero-order valence-electron chi connectivity index (χ0n) is 18.9. The molecule has 0 radical (unpaired) electrons. The molecule has 0 aliphatic carbocycles. The molecule has 174 valence electrons. The molecule has 33 heavy (non-hydrogen) atoms. The number of rotatable bonds is 11. The molecule has 0 unspecified atom stereocenters. The van der Waals surface area contributed by atoms with Crippen molar-refractivity contribution < 1.29 is 14.3 Å². The van der Waals surface area contributed by atoms with Crippen LogP contribution in [-0.2, 0) is 17.9 Å². The van der Waals surface area contributed by atoms with Crippen LogP contribution in [0, 0.1) is 0 Å². The molecule has 0 fully saturated rings. The molecule has 8 nitrogen and oxygen atoms in total. The van der Waals surface area contributed by atoms with Crippen LogP contribution in [0.15, 0.2) is 59.8 Å². The summed E-state index contributed by atoms with van der Waals surface area (Å²) in [5.74, 6) is 1.73. The topological polar surface area (TPSA) is 98.1 Å². The smallest absolute Gasteiger partial charge is 0.321 e. The minimum atomic E-state index is -0.498. The van der Waals surface area contributed by atoms with E-state index in [9.17, 15) is 9.59 Å². The summed E-state index contributed by atoms with van der Waals surface area (Å²) in [5, 5.41) is 14.5. The van der Waals surface area contributed by atoms with Crippen LogP contribution in [0.2, 0.25) is 0 Å². The van der Waals surface area contributed by atoms with Gasteiger partial charge in [-0.25, -0.2) is 4.79 Å². The van der Waals surface area contributed by atoms with Gasteiger partial charge in [-0.1, -0.05) is 55.4 Å². The minimum absolute atomic E-state index is 0.196. The number of aromatic nitrogens is 3. The molecule has 0 aliphatic rings. The fourth-order valence-corrected chi connectivity index (χ4v) is 4.02. The van der Waals surface area contributed by atoms with Crippen molar-refractivity contribution in [3.05, 3.63) is 60.2 Å². The average molecular weight is 468 g/mol. The quantitative estimate of drug-likeness (QED) is 0.409. The maximum atomic E-state index is 12.2. The van der Waals surface area contributed by atoms with Crippen molar-refractivity contribution in [2.75, 3.05) is 12.9 Å².